The standard InChI is InChI=1S/C18H17FIN3O3/c1-10(24)8-26-9-17(25)14-6-21-18-15(7-22-23-18)13(14)4-11-2-3-12(20)5-16(11)19/h2-3,5-7,10,24H,4,8-9H2,1H3,(H,21,22,23)/t10-/m0/s1. The lowest BCUT2D eigenvalue weighted by Gasteiger charge is -2.11. The second kappa shape index (κ2) is 8.19. The average molecular weight is 469 g/mol. The van der Waals surface area contributed by atoms with Gasteiger partial charge in [0.05, 0.1) is 18.9 Å². The van der Waals surface area contributed by atoms with Crippen LogP contribution in [0.2, 0.25) is 0 Å². The van der Waals surface area contributed by atoms with E-state index in [2.05, 4.69) is 15.2 Å². The van der Waals surface area contributed by atoms with E-state index in [9.17, 15) is 14.3 Å². The Labute approximate surface area is 162 Å². The first-order chi connectivity index (χ1) is 12.5. The van der Waals surface area contributed by atoms with Crippen LogP contribution >= 0.6 is 22.6 Å². The molecule has 26 heavy (non-hydrogen) atoms. The molecule has 0 aliphatic heterocycles. The number of Topliss-reactive ketones (excluding diaryl/α,β-unsaturated/α-hetero) is 1. The molecule has 0 amide bonds. The monoisotopic (exact) mass is 469 g/mol. The molecule has 8 heteroatoms. The Kier molecular flexibility index (Phi) is 5.94. The van der Waals surface area contributed by atoms with Crippen LogP contribution in [-0.2, 0) is 11.2 Å². The second-order valence-electron chi connectivity index (χ2n) is 5.98. The van der Waals surface area contributed by atoms with E-state index in [0.717, 1.165) is 3.57 Å². The molecule has 3 aromatic rings. The largest absolute Gasteiger partial charge is 0.391 e. The van der Waals surface area contributed by atoms with E-state index in [1.807, 2.05) is 28.7 Å². The highest BCUT2D eigenvalue weighted by atomic mass is 127. The Morgan fingerprint density at radius 1 is 1.42 bits per heavy atom. The molecule has 1 aromatic carbocycles. The maximum Gasteiger partial charge on any atom is 0.190 e. The van der Waals surface area contributed by atoms with Crippen molar-refractivity contribution in [3.8, 4) is 0 Å². The van der Waals surface area contributed by atoms with Crippen LogP contribution in [0.5, 0.6) is 0 Å². The molecule has 2 aromatic heterocycles. The van der Waals surface area contributed by atoms with Crippen molar-refractivity contribution in [2.75, 3.05) is 13.2 Å². The van der Waals surface area contributed by atoms with Crippen molar-refractivity contribution in [3.63, 3.8) is 0 Å². The minimum absolute atomic E-state index is 0.0637. The molecule has 3 rings (SSSR count). The van der Waals surface area contributed by atoms with E-state index < -0.39 is 6.10 Å². The number of benzene rings is 1. The minimum Gasteiger partial charge on any atom is -0.391 e. The fraction of sp³-hybridized carbons (Fsp3) is 0.278. The van der Waals surface area contributed by atoms with Gasteiger partial charge in [-0.3, -0.25) is 9.89 Å². The summed E-state index contributed by atoms with van der Waals surface area (Å²) < 4.78 is 20.3. The number of H-pyrrole nitrogens is 1. The lowest BCUT2D eigenvalue weighted by atomic mass is 9.96. The smallest absolute Gasteiger partial charge is 0.190 e. The number of halogens is 2. The fourth-order valence-corrected chi connectivity index (χ4v) is 3.09. The molecule has 0 radical (unpaired) electrons. The number of hydrogen-bond acceptors (Lipinski definition) is 5. The van der Waals surface area contributed by atoms with Gasteiger partial charge in [0.2, 0.25) is 0 Å². The maximum atomic E-state index is 14.3. The first-order valence-electron chi connectivity index (χ1n) is 7.99. The summed E-state index contributed by atoms with van der Waals surface area (Å²) in [6, 6.07) is 4.98. The SMILES string of the molecule is C[C@H](O)COCC(=O)c1cnc2[nH]ncc2c1Cc1ccc(I)cc1F. The summed E-state index contributed by atoms with van der Waals surface area (Å²) in [6.07, 6.45) is 2.61. The molecule has 2 N–H and O–H groups in total. The third-order valence-electron chi connectivity index (χ3n) is 3.87. The number of nitrogens with zero attached hydrogens (tertiary/aromatic N) is 2. The van der Waals surface area contributed by atoms with E-state index in [1.54, 1.807) is 19.2 Å². The molecule has 0 aliphatic carbocycles. The van der Waals surface area contributed by atoms with Crippen LogP contribution in [0.15, 0.2) is 30.6 Å². The zero-order chi connectivity index (χ0) is 18.7. The zero-order valence-corrected chi connectivity index (χ0v) is 16.2. The molecule has 0 spiro atoms. The molecule has 2 heterocycles. The molecule has 0 saturated carbocycles. The number of fused-ring (bicyclic) bond motifs is 1. The number of aliphatic hydroxyl groups is 1. The molecular weight excluding hydrogens is 452 g/mol. The van der Waals surface area contributed by atoms with E-state index >= 15 is 0 Å². The Bertz CT molecular complexity index is 943. The Balaban J connectivity index is 1.96. The molecule has 136 valence electrons. The number of nitrogens with one attached hydrogen (secondary N) is 1. The van der Waals surface area contributed by atoms with Crippen LogP contribution in [0.4, 0.5) is 4.39 Å². The number of carbonyl (C=O) groups is 1. The quantitative estimate of drug-likeness (QED) is 0.411. The van der Waals surface area contributed by atoms with Gasteiger partial charge in [-0.05, 0) is 52.8 Å². The number of aromatic nitrogens is 3. The van der Waals surface area contributed by atoms with Crippen molar-refractivity contribution < 1.29 is 19.0 Å². The summed E-state index contributed by atoms with van der Waals surface area (Å²) in [5.74, 6) is -0.601. The number of rotatable bonds is 7. The van der Waals surface area contributed by atoms with Crippen LogP contribution < -0.4 is 0 Å². The molecule has 0 aliphatic rings. The summed E-state index contributed by atoms with van der Waals surface area (Å²) >= 11 is 2.05. The summed E-state index contributed by atoms with van der Waals surface area (Å²) in [4.78, 5) is 16.8. The first-order valence-corrected chi connectivity index (χ1v) is 9.07. The average Bonchev–Trinajstić information content (AvgIpc) is 3.06. The number of aliphatic hydroxyl groups excluding tert-OH is 1. The Morgan fingerprint density at radius 2 is 2.23 bits per heavy atom. The van der Waals surface area contributed by atoms with Crippen LogP contribution in [0.3, 0.4) is 0 Å². The third kappa shape index (κ3) is 4.25. The molecule has 0 bridgehead atoms. The number of pyridine rings is 1. The van der Waals surface area contributed by atoms with Gasteiger partial charge in [-0.2, -0.15) is 5.10 Å². The van der Waals surface area contributed by atoms with Gasteiger partial charge in [0.1, 0.15) is 12.4 Å². The third-order valence-corrected chi connectivity index (χ3v) is 4.54. The number of ketones is 1. The number of aromatic amines is 1. The van der Waals surface area contributed by atoms with Gasteiger partial charge in [0, 0.05) is 27.1 Å². The lowest BCUT2D eigenvalue weighted by Crippen LogP contribution is -2.17. The van der Waals surface area contributed by atoms with Gasteiger partial charge < -0.3 is 9.84 Å². The van der Waals surface area contributed by atoms with Crippen molar-refractivity contribution in [2.24, 2.45) is 0 Å². The predicted octanol–water partition coefficient (Wildman–Crippen LogP) is 2.87. The molecule has 6 nitrogen and oxygen atoms in total. The molecule has 0 fully saturated rings. The van der Waals surface area contributed by atoms with Crippen molar-refractivity contribution in [1.82, 2.24) is 15.2 Å². The van der Waals surface area contributed by atoms with Gasteiger partial charge in [0.25, 0.3) is 0 Å². The normalized spacial score (nSPS) is 12.5. The number of hydrogen-bond donors (Lipinski definition) is 2. The highest BCUT2D eigenvalue weighted by molar-refractivity contribution is 14.1. The van der Waals surface area contributed by atoms with E-state index in [0.29, 0.717) is 27.7 Å². The summed E-state index contributed by atoms with van der Waals surface area (Å²) in [5.41, 5.74) is 2.03. The number of carbonyl (C=O) groups excluding carboxylic acids is 1. The van der Waals surface area contributed by atoms with Crippen molar-refractivity contribution >= 4 is 39.4 Å². The topological polar surface area (TPSA) is 88.1 Å². The summed E-state index contributed by atoms with van der Waals surface area (Å²) in [6.45, 7) is 1.46. The fourth-order valence-electron chi connectivity index (χ4n) is 2.64. The van der Waals surface area contributed by atoms with Gasteiger partial charge in [-0.15, -0.1) is 0 Å². The zero-order valence-electron chi connectivity index (χ0n) is 14.0. The van der Waals surface area contributed by atoms with E-state index in [4.69, 9.17) is 4.74 Å². The Hall–Kier alpha value is -1.91. The molecule has 0 saturated heterocycles. The summed E-state index contributed by atoms with van der Waals surface area (Å²) in [7, 11) is 0. The van der Waals surface area contributed by atoms with Crippen molar-refractivity contribution in [1.29, 1.82) is 0 Å². The van der Waals surface area contributed by atoms with Gasteiger partial charge >= 0.3 is 0 Å². The lowest BCUT2D eigenvalue weighted by molar-refractivity contribution is 0.0424. The first kappa shape index (κ1) is 18.9. The van der Waals surface area contributed by atoms with Crippen LogP contribution in [0, 0.1) is 9.39 Å². The predicted molar refractivity (Wildman–Crippen MR) is 103 cm³/mol. The van der Waals surface area contributed by atoms with Crippen LogP contribution in [0.1, 0.15) is 28.4 Å². The van der Waals surface area contributed by atoms with Crippen LogP contribution in [0.25, 0.3) is 11.0 Å². The van der Waals surface area contributed by atoms with E-state index in [-0.39, 0.29) is 31.2 Å². The number of ether oxygens (including phenoxy) is 1. The second-order valence-corrected chi connectivity index (χ2v) is 7.23. The van der Waals surface area contributed by atoms with Gasteiger partial charge in [-0.25, -0.2) is 9.37 Å². The summed E-state index contributed by atoms with van der Waals surface area (Å²) in [5, 5.41) is 16.6. The maximum absolute atomic E-state index is 14.3. The van der Waals surface area contributed by atoms with Crippen molar-refractivity contribution in [3.05, 3.63) is 56.7 Å². The highest BCUT2D eigenvalue weighted by Crippen LogP contribution is 2.24. The minimum atomic E-state index is -0.655. The molecular formula is C18H17FIN3O3. The van der Waals surface area contributed by atoms with Gasteiger partial charge in [0.15, 0.2) is 11.4 Å². The Morgan fingerprint density at radius 3 is 2.96 bits per heavy atom. The van der Waals surface area contributed by atoms with E-state index in [1.165, 1.54) is 12.3 Å². The van der Waals surface area contributed by atoms with Crippen molar-refractivity contribution in [2.45, 2.75) is 19.4 Å². The molecule has 0 unspecified atom stereocenters. The van der Waals surface area contributed by atoms with Gasteiger partial charge in [-0.1, -0.05) is 6.07 Å². The molecule has 1 atom stereocenters. The highest BCUT2D eigenvalue weighted by Gasteiger charge is 2.18. The van der Waals surface area contributed by atoms with Crippen LogP contribution in [-0.4, -0.2) is 45.4 Å².